The number of hydrogen-bond acceptors (Lipinski definition) is 5. The van der Waals surface area contributed by atoms with Gasteiger partial charge in [0.05, 0.1) is 11.8 Å². The zero-order valence-electron chi connectivity index (χ0n) is 9.94. The Hall–Kier alpha value is -2.06. The van der Waals surface area contributed by atoms with Gasteiger partial charge < -0.3 is 9.73 Å². The fraction of sp³-hybridized carbons (Fsp3) is 0.250. The maximum Gasteiger partial charge on any atom is 0.216 e. The van der Waals surface area contributed by atoms with Gasteiger partial charge in [-0.3, -0.25) is 0 Å². The van der Waals surface area contributed by atoms with Crippen LogP contribution in [0.1, 0.15) is 30.2 Å². The zero-order valence-corrected chi connectivity index (χ0v) is 10.7. The number of aromatic nitrogens is 2. The number of aryl methyl sites for hydroxylation is 1. The van der Waals surface area contributed by atoms with Crippen LogP contribution in [0.5, 0.6) is 0 Å². The van der Waals surface area contributed by atoms with Crippen LogP contribution in [0.2, 0.25) is 5.02 Å². The summed E-state index contributed by atoms with van der Waals surface area (Å²) in [6.07, 6.45) is 3.18. The number of nitrogens with zero attached hydrogens (tertiary/aromatic N) is 3. The van der Waals surface area contributed by atoms with Crippen LogP contribution >= 0.6 is 11.6 Å². The Labute approximate surface area is 109 Å². The molecule has 0 aliphatic carbocycles. The molecule has 0 saturated carbocycles. The van der Waals surface area contributed by atoms with Gasteiger partial charge in [-0.15, -0.1) is 0 Å². The van der Waals surface area contributed by atoms with Crippen molar-refractivity contribution in [2.75, 3.05) is 5.32 Å². The van der Waals surface area contributed by atoms with E-state index >= 15 is 0 Å². The number of nitriles is 1. The average Bonchev–Trinajstić information content (AvgIpc) is 2.78. The molecule has 1 atom stereocenters. The van der Waals surface area contributed by atoms with Gasteiger partial charge in [-0.2, -0.15) is 5.26 Å². The molecule has 2 aromatic rings. The molecule has 0 fully saturated rings. The molecule has 2 heterocycles. The fourth-order valence-corrected chi connectivity index (χ4v) is 1.68. The van der Waals surface area contributed by atoms with Gasteiger partial charge in [-0.05, 0) is 19.9 Å². The Morgan fingerprint density at radius 2 is 2.28 bits per heavy atom. The first kappa shape index (κ1) is 12.4. The van der Waals surface area contributed by atoms with Crippen LogP contribution in [-0.2, 0) is 0 Å². The predicted molar refractivity (Wildman–Crippen MR) is 67.2 cm³/mol. The Bertz CT molecular complexity index is 602. The molecule has 0 aromatic carbocycles. The second kappa shape index (κ2) is 5.07. The van der Waals surface area contributed by atoms with Crippen LogP contribution in [0.25, 0.3) is 0 Å². The van der Waals surface area contributed by atoms with E-state index in [1.54, 1.807) is 12.3 Å². The van der Waals surface area contributed by atoms with Crippen LogP contribution in [0.15, 0.2) is 22.9 Å². The summed E-state index contributed by atoms with van der Waals surface area (Å²) >= 11 is 6.05. The van der Waals surface area contributed by atoms with Crippen molar-refractivity contribution in [2.24, 2.45) is 0 Å². The average molecular weight is 263 g/mol. The number of rotatable bonds is 3. The molecule has 0 aliphatic rings. The minimum atomic E-state index is -0.183. The van der Waals surface area contributed by atoms with Gasteiger partial charge in [0.2, 0.25) is 5.89 Å². The molecule has 1 unspecified atom stereocenters. The van der Waals surface area contributed by atoms with E-state index < -0.39 is 0 Å². The third-order valence-corrected chi connectivity index (χ3v) is 2.76. The van der Waals surface area contributed by atoms with E-state index in [2.05, 4.69) is 15.3 Å². The van der Waals surface area contributed by atoms with E-state index in [1.165, 1.54) is 6.20 Å². The van der Waals surface area contributed by atoms with Crippen molar-refractivity contribution in [1.29, 1.82) is 5.26 Å². The standard InChI is InChI=1S/C12H11ClN4O/c1-7-6-16-12(18-7)8(2)17-11-10(13)9(5-14)3-4-15-11/h3-4,6,8H,1-2H3,(H,15,17). The number of pyridine rings is 1. The van der Waals surface area contributed by atoms with Gasteiger partial charge in [0, 0.05) is 6.20 Å². The van der Waals surface area contributed by atoms with E-state index in [1.807, 2.05) is 19.9 Å². The Morgan fingerprint density at radius 1 is 1.50 bits per heavy atom. The minimum absolute atomic E-state index is 0.183. The van der Waals surface area contributed by atoms with Gasteiger partial charge in [-0.1, -0.05) is 11.6 Å². The molecule has 1 N–H and O–H groups in total. The van der Waals surface area contributed by atoms with Crippen molar-refractivity contribution in [3.8, 4) is 6.07 Å². The maximum absolute atomic E-state index is 8.88. The smallest absolute Gasteiger partial charge is 0.216 e. The summed E-state index contributed by atoms with van der Waals surface area (Å²) in [5.74, 6) is 1.73. The summed E-state index contributed by atoms with van der Waals surface area (Å²) in [6, 6.07) is 3.38. The zero-order chi connectivity index (χ0) is 13.1. The van der Waals surface area contributed by atoms with Gasteiger partial charge in [0.25, 0.3) is 0 Å². The maximum atomic E-state index is 8.88. The Morgan fingerprint density at radius 3 is 2.89 bits per heavy atom. The summed E-state index contributed by atoms with van der Waals surface area (Å²) in [7, 11) is 0. The van der Waals surface area contributed by atoms with E-state index in [4.69, 9.17) is 21.3 Å². The number of hydrogen-bond donors (Lipinski definition) is 1. The highest BCUT2D eigenvalue weighted by molar-refractivity contribution is 6.34. The van der Waals surface area contributed by atoms with Crippen molar-refractivity contribution in [1.82, 2.24) is 9.97 Å². The van der Waals surface area contributed by atoms with Crippen molar-refractivity contribution in [3.63, 3.8) is 0 Å². The SMILES string of the molecule is Cc1cnc(C(C)Nc2nccc(C#N)c2Cl)o1. The second-order valence-corrected chi connectivity index (χ2v) is 4.19. The molecular weight excluding hydrogens is 252 g/mol. The summed E-state index contributed by atoms with van der Waals surface area (Å²) in [6.45, 7) is 3.70. The molecule has 0 radical (unpaired) electrons. The lowest BCUT2D eigenvalue weighted by Crippen LogP contribution is -2.09. The minimum Gasteiger partial charge on any atom is -0.444 e. The number of anilines is 1. The van der Waals surface area contributed by atoms with Crippen molar-refractivity contribution >= 4 is 17.4 Å². The van der Waals surface area contributed by atoms with Crippen molar-refractivity contribution < 1.29 is 4.42 Å². The molecule has 6 heteroatoms. The molecule has 0 aliphatic heterocycles. The molecular formula is C12H11ClN4O. The van der Waals surface area contributed by atoms with Gasteiger partial charge in [0.15, 0.2) is 0 Å². The van der Waals surface area contributed by atoms with Crippen molar-refractivity contribution in [3.05, 3.63) is 40.7 Å². The summed E-state index contributed by atoms with van der Waals surface area (Å²) in [5, 5.41) is 12.2. The van der Waals surface area contributed by atoms with Gasteiger partial charge >= 0.3 is 0 Å². The van der Waals surface area contributed by atoms with Crippen LogP contribution < -0.4 is 5.32 Å². The Balaban J connectivity index is 2.22. The van der Waals surface area contributed by atoms with E-state index in [0.717, 1.165) is 5.76 Å². The summed E-state index contributed by atoms with van der Waals surface area (Å²) in [4.78, 5) is 8.21. The molecule has 0 bridgehead atoms. The van der Waals surface area contributed by atoms with E-state index in [-0.39, 0.29) is 6.04 Å². The lowest BCUT2D eigenvalue weighted by atomic mass is 10.2. The van der Waals surface area contributed by atoms with E-state index in [9.17, 15) is 0 Å². The topological polar surface area (TPSA) is 74.7 Å². The number of halogens is 1. The first-order valence-electron chi connectivity index (χ1n) is 5.35. The highest BCUT2D eigenvalue weighted by atomic mass is 35.5. The quantitative estimate of drug-likeness (QED) is 0.920. The van der Waals surface area contributed by atoms with Gasteiger partial charge in [0.1, 0.15) is 28.7 Å². The summed E-state index contributed by atoms with van der Waals surface area (Å²) < 4.78 is 5.40. The lowest BCUT2D eigenvalue weighted by Gasteiger charge is -2.12. The van der Waals surface area contributed by atoms with Crippen LogP contribution in [0.3, 0.4) is 0 Å². The number of nitrogens with one attached hydrogen (secondary N) is 1. The monoisotopic (exact) mass is 262 g/mol. The first-order valence-corrected chi connectivity index (χ1v) is 5.73. The largest absolute Gasteiger partial charge is 0.444 e. The normalized spacial score (nSPS) is 11.9. The Kier molecular flexibility index (Phi) is 3.49. The van der Waals surface area contributed by atoms with Crippen LogP contribution in [0, 0.1) is 18.3 Å². The second-order valence-electron chi connectivity index (χ2n) is 3.81. The molecule has 0 saturated heterocycles. The number of oxazole rings is 1. The highest BCUT2D eigenvalue weighted by Gasteiger charge is 2.14. The first-order chi connectivity index (χ1) is 8.61. The fourth-order valence-electron chi connectivity index (χ4n) is 1.47. The highest BCUT2D eigenvalue weighted by Crippen LogP contribution is 2.26. The molecule has 2 rings (SSSR count). The third-order valence-electron chi connectivity index (χ3n) is 2.37. The molecule has 92 valence electrons. The molecule has 0 spiro atoms. The molecule has 2 aromatic heterocycles. The van der Waals surface area contributed by atoms with Crippen LogP contribution in [0.4, 0.5) is 5.82 Å². The third kappa shape index (κ3) is 2.44. The lowest BCUT2D eigenvalue weighted by molar-refractivity contribution is 0.453. The summed E-state index contributed by atoms with van der Waals surface area (Å²) in [5.41, 5.74) is 0.380. The van der Waals surface area contributed by atoms with E-state index in [0.29, 0.717) is 22.3 Å². The predicted octanol–water partition coefficient (Wildman–Crippen LogP) is 3.08. The molecule has 0 amide bonds. The van der Waals surface area contributed by atoms with Crippen molar-refractivity contribution in [2.45, 2.75) is 19.9 Å². The van der Waals surface area contributed by atoms with Gasteiger partial charge in [-0.25, -0.2) is 9.97 Å². The molecule has 5 nitrogen and oxygen atoms in total. The van der Waals surface area contributed by atoms with Crippen LogP contribution in [-0.4, -0.2) is 9.97 Å². The molecule has 18 heavy (non-hydrogen) atoms.